The second-order valence-corrected chi connectivity index (χ2v) is 4.33. The number of hydrogen-bond donors (Lipinski definition) is 1. The molecule has 0 radical (unpaired) electrons. The summed E-state index contributed by atoms with van der Waals surface area (Å²) in [5, 5.41) is 8.49. The average molecular weight is 257 g/mol. The number of nitrogens with zero attached hydrogens (tertiary/aromatic N) is 1. The van der Waals surface area contributed by atoms with Crippen molar-refractivity contribution in [1.82, 2.24) is 5.48 Å². The van der Waals surface area contributed by atoms with E-state index in [1.54, 1.807) is 6.92 Å². The van der Waals surface area contributed by atoms with Crippen LogP contribution in [-0.4, -0.2) is 17.5 Å². The Morgan fingerprint density at radius 1 is 1.86 bits per heavy atom. The highest BCUT2D eigenvalue weighted by atomic mass is 79.9. The first-order valence-corrected chi connectivity index (χ1v) is 5.42. The Morgan fingerprint density at radius 2 is 2.64 bits per heavy atom. The van der Waals surface area contributed by atoms with Crippen LogP contribution in [0.2, 0.25) is 0 Å². The molecule has 0 heterocycles. The van der Waals surface area contributed by atoms with Gasteiger partial charge in [-0.2, -0.15) is 10.7 Å². The van der Waals surface area contributed by atoms with Gasteiger partial charge in [0.25, 0.3) is 0 Å². The van der Waals surface area contributed by atoms with Crippen LogP contribution in [0.1, 0.15) is 13.3 Å². The van der Waals surface area contributed by atoms with Crippen molar-refractivity contribution in [2.24, 2.45) is 0 Å². The van der Waals surface area contributed by atoms with Crippen LogP contribution >= 0.6 is 15.9 Å². The molecule has 1 N–H and O–H groups in total. The molecule has 0 bridgehead atoms. The van der Waals surface area contributed by atoms with Gasteiger partial charge in [0.15, 0.2) is 0 Å². The van der Waals surface area contributed by atoms with Crippen molar-refractivity contribution in [3.8, 4) is 6.07 Å². The smallest absolute Gasteiger partial charge is 0.116 e. The summed E-state index contributed by atoms with van der Waals surface area (Å²) < 4.78 is 0. The number of rotatable bonds is 4. The van der Waals surface area contributed by atoms with Crippen molar-refractivity contribution in [3.05, 3.63) is 23.8 Å². The minimum Gasteiger partial charge on any atom is -0.296 e. The van der Waals surface area contributed by atoms with Gasteiger partial charge in [-0.1, -0.05) is 34.2 Å². The van der Waals surface area contributed by atoms with E-state index < -0.39 is 0 Å². The molecule has 0 aromatic heterocycles. The Bertz CT molecular complexity index is 280. The van der Waals surface area contributed by atoms with Gasteiger partial charge in [-0.3, -0.25) is 4.84 Å². The predicted octanol–water partition coefficient (Wildman–Crippen LogP) is 2.07. The number of halogens is 1. The molecule has 0 aromatic rings. The molecule has 0 fully saturated rings. The second kappa shape index (κ2) is 5.97. The summed E-state index contributed by atoms with van der Waals surface area (Å²) in [6, 6.07) is 1.75. The van der Waals surface area contributed by atoms with E-state index in [2.05, 4.69) is 33.6 Å². The normalized spacial score (nSPS) is 22.6. The third kappa shape index (κ3) is 4.05. The summed E-state index contributed by atoms with van der Waals surface area (Å²) in [6.45, 7) is 2.24. The van der Waals surface area contributed by atoms with Crippen LogP contribution in [0.4, 0.5) is 0 Å². The van der Waals surface area contributed by atoms with E-state index in [1.165, 1.54) is 0 Å². The van der Waals surface area contributed by atoms with Gasteiger partial charge in [0.2, 0.25) is 0 Å². The molecular weight excluding hydrogens is 244 g/mol. The van der Waals surface area contributed by atoms with Crippen LogP contribution in [0, 0.1) is 11.3 Å². The first-order valence-electron chi connectivity index (χ1n) is 4.50. The van der Waals surface area contributed by atoms with Gasteiger partial charge in [-0.25, -0.2) is 0 Å². The van der Waals surface area contributed by atoms with Crippen LogP contribution in [0.15, 0.2) is 23.8 Å². The molecule has 2 unspecified atom stereocenters. The summed E-state index contributed by atoms with van der Waals surface area (Å²) in [7, 11) is 0. The molecule has 4 heteroatoms. The quantitative estimate of drug-likeness (QED) is 0.619. The third-order valence-electron chi connectivity index (χ3n) is 1.78. The van der Waals surface area contributed by atoms with Gasteiger partial charge in [0.1, 0.15) is 6.04 Å². The van der Waals surface area contributed by atoms with Crippen molar-refractivity contribution < 1.29 is 4.84 Å². The maximum absolute atomic E-state index is 8.49. The first kappa shape index (κ1) is 11.4. The van der Waals surface area contributed by atoms with E-state index in [9.17, 15) is 0 Å². The maximum Gasteiger partial charge on any atom is 0.116 e. The highest BCUT2D eigenvalue weighted by Crippen LogP contribution is 2.16. The van der Waals surface area contributed by atoms with Crippen LogP contribution in [0.25, 0.3) is 0 Å². The van der Waals surface area contributed by atoms with E-state index in [0.29, 0.717) is 11.4 Å². The SMILES string of the molecule is CC(C#N)NOCC1=CC(Br)CC=C1. The highest BCUT2D eigenvalue weighted by molar-refractivity contribution is 9.09. The molecule has 76 valence electrons. The molecular formula is C10H13BrN2O. The minimum absolute atomic E-state index is 0.275. The zero-order valence-electron chi connectivity index (χ0n) is 8.03. The lowest BCUT2D eigenvalue weighted by molar-refractivity contribution is 0.0485. The van der Waals surface area contributed by atoms with Crippen molar-refractivity contribution in [1.29, 1.82) is 5.26 Å². The lowest BCUT2D eigenvalue weighted by atomic mass is 10.1. The molecule has 0 aromatic carbocycles. The largest absolute Gasteiger partial charge is 0.296 e. The van der Waals surface area contributed by atoms with Crippen molar-refractivity contribution in [3.63, 3.8) is 0 Å². The van der Waals surface area contributed by atoms with Crippen LogP contribution in [0.3, 0.4) is 0 Å². The summed E-state index contributed by atoms with van der Waals surface area (Å²) in [5.74, 6) is 0. The molecule has 1 aliphatic rings. The molecule has 14 heavy (non-hydrogen) atoms. The fourth-order valence-electron chi connectivity index (χ4n) is 1.08. The Balaban J connectivity index is 2.25. The van der Waals surface area contributed by atoms with E-state index in [-0.39, 0.29) is 6.04 Å². The van der Waals surface area contributed by atoms with E-state index in [4.69, 9.17) is 10.1 Å². The highest BCUT2D eigenvalue weighted by Gasteiger charge is 2.06. The molecule has 0 amide bonds. The summed E-state index contributed by atoms with van der Waals surface area (Å²) in [6.07, 6.45) is 7.27. The maximum atomic E-state index is 8.49. The molecule has 3 nitrogen and oxygen atoms in total. The van der Waals surface area contributed by atoms with Crippen LogP contribution in [0.5, 0.6) is 0 Å². The summed E-state index contributed by atoms with van der Waals surface area (Å²) >= 11 is 3.51. The Labute approximate surface area is 92.5 Å². The van der Waals surface area contributed by atoms with Gasteiger partial charge in [-0.15, -0.1) is 0 Å². The molecule has 2 atom stereocenters. The third-order valence-corrected chi connectivity index (χ3v) is 2.42. The Kier molecular flexibility index (Phi) is 4.88. The average Bonchev–Trinajstić information content (AvgIpc) is 2.17. The fourth-order valence-corrected chi connectivity index (χ4v) is 1.63. The van der Waals surface area contributed by atoms with Crippen LogP contribution in [-0.2, 0) is 4.84 Å². The van der Waals surface area contributed by atoms with Crippen LogP contribution < -0.4 is 5.48 Å². The molecule has 0 saturated heterocycles. The number of alkyl halides is 1. The lowest BCUT2D eigenvalue weighted by Gasteiger charge is -2.12. The topological polar surface area (TPSA) is 45.0 Å². The van der Waals surface area contributed by atoms with Crippen molar-refractivity contribution in [2.75, 3.05) is 6.61 Å². The van der Waals surface area contributed by atoms with Gasteiger partial charge < -0.3 is 0 Å². The van der Waals surface area contributed by atoms with Gasteiger partial charge in [0, 0.05) is 4.83 Å². The molecule has 1 aliphatic carbocycles. The van der Waals surface area contributed by atoms with Gasteiger partial charge >= 0.3 is 0 Å². The zero-order chi connectivity index (χ0) is 10.4. The molecule has 0 aliphatic heterocycles. The van der Waals surface area contributed by atoms with Gasteiger partial charge in [-0.05, 0) is 18.9 Å². The zero-order valence-corrected chi connectivity index (χ0v) is 9.62. The van der Waals surface area contributed by atoms with Crippen molar-refractivity contribution >= 4 is 15.9 Å². The molecule has 0 saturated carbocycles. The standard InChI is InChI=1S/C10H13BrN2O/c1-8(6-12)13-14-7-9-3-2-4-10(11)5-9/h2-3,5,8,10,13H,4,7H2,1H3. The van der Waals surface area contributed by atoms with E-state index in [1.807, 2.05) is 12.1 Å². The molecule has 0 spiro atoms. The van der Waals surface area contributed by atoms with E-state index in [0.717, 1.165) is 12.0 Å². The number of nitriles is 1. The summed E-state index contributed by atoms with van der Waals surface area (Å²) in [4.78, 5) is 5.56. The second-order valence-electron chi connectivity index (χ2n) is 3.15. The number of hydrogen-bond acceptors (Lipinski definition) is 3. The fraction of sp³-hybridized carbons (Fsp3) is 0.500. The molecule has 1 rings (SSSR count). The predicted molar refractivity (Wildman–Crippen MR) is 58.7 cm³/mol. The lowest BCUT2D eigenvalue weighted by Crippen LogP contribution is -2.25. The van der Waals surface area contributed by atoms with Gasteiger partial charge in [0.05, 0.1) is 12.7 Å². The number of hydroxylamine groups is 1. The Morgan fingerprint density at radius 3 is 3.29 bits per heavy atom. The number of allylic oxidation sites excluding steroid dienone is 2. The monoisotopic (exact) mass is 256 g/mol. The van der Waals surface area contributed by atoms with E-state index >= 15 is 0 Å². The Hall–Kier alpha value is -0.630. The minimum atomic E-state index is -0.275. The number of nitrogens with one attached hydrogen (secondary N) is 1. The first-order chi connectivity index (χ1) is 6.72. The summed E-state index contributed by atoms with van der Waals surface area (Å²) in [5.41, 5.74) is 3.76. The van der Waals surface area contributed by atoms with Crippen molar-refractivity contribution in [2.45, 2.75) is 24.2 Å².